The summed E-state index contributed by atoms with van der Waals surface area (Å²) >= 11 is 0. The number of hydrogen-bond acceptors (Lipinski definition) is 5. The number of pyridine rings is 2. The maximum atomic E-state index is 12.2. The number of nitrogens with one attached hydrogen (secondary N) is 2. The third kappa shape index (κ3) is 4.51. The molecule has 3 aromatic heterocycles. The Morgan fingerprint density at radius 2 is 1.80 bits per heavy atom. The van der Waals surface area contributed by atoms with Crippen LogP contribution in [0.4, 0.5) is 0 Å². The summed E-state index contributed by atoms with van der Waals surface area (Å²) in [4.78, 5) is 32.5. The summed E-state index contributed by atoms with van der Waals surface area (Å²) in [5, 5.41) is 5.45. The minimum Gasteiger partial charge on any atom is -0.467 e. The van der Waals surface area contributed by atoms with Gasteiger partial charge in [0.1, 0.15) is 11.5 Å². The van der Waals surface area contributed by atoms with Crippen molar-refractivity contribution in [2.24, 2.45) is 0 Å². The minimum absolute atomic E-state index is 0.168. The molecule has 0 saturated carbocycles. The predicted molar refractivity (Wildman–Crippen MR) is 89.5 cm³/mol. The number of furan rings is 1. The van der Waals surface area contributed by atoms with Crippen LogP contribution in [0.1, 0.15) is 32.3 Å². The fraction of sp³-hybridized carbons (Fsp3) is 0.111. The van der Waals surface area contributed by atoms with Crippen molar-refractivity contribution in [3.63, 3.8) is 0 Å². The van der Waals surface area contributed by atoms with Crippen LogP contribution in [-0.2, 0) is 13.1 Å². The molecule has 0 aliphatic rings. The molecule has 25 heavy (non-hydrogen) atoms. The van der Waals surface area contributed by atoms with Gasteiger partial charge in [-0.25, -0.2) is 0 Å². The summed E-state index contributed by atoms with van der Waals surface area (Å²) in [5.41, 5.74) is 1.26. The second-order valence-corrected chi connectivity index (χ2v) is 5.20. The van der Waals surface area contributed by atoms with E-state index < -0.39 is 0 Å². The summed E-state index contributed by atoms with van der Waals surface area (Å²) in [6, 6.07) is 12.0. The first-order valence-electron chi connectivity index (χ1n) is 7.67. The number of rotatable bonds is 6. The van der Waals surface area contributed by atoms with Gasteiger partial charge in [-0.15, -0.1) is 0 Å². The Labute approximate surface area is 144 Å². The maximum absolute atomic E-state index is 12.2. The molecular weight excluding hydrogens is 320 g/mol. The molecule has 0 bridgehead atoms. The molecular formula is C18H16N4O3. The zero-order chi connectivity index (χ0) is 17.5. The van der Waals surface area contributed by atoms with Crippen molar-refractivity contribution in [2.45, 2.75) is 13.1 Å². The van der Waals surface area contributed by atoms with Crippen LogP contribution in [0.15, 0.2) is 65.5 Å². The van der Waals surface area contributed by atoms with Gasteiger partial charge < -0.3 is 15.1 Å². The summed E-state index contributed by atoms with van der Waals surface area (Å²) in [5.74, 6) is -0.0281. The normalized spacial score (nSPS) is 10.2. The van der Waals surface area contributed by atoms with Crippen LogP contribution >= 0.6 is 0 Å². The number of nitrogens with zero attached hydrogens (tertiary/aromatic N) is 2. The maximum Gasteiger partial charge on any atom is 0.270 e. The van der Waals surface area contributed by atoms with Crippen molar-refractivity contribution in [1.29, 1.82) is 0 Å². The predicted octanol–water partition coefficient (Wildman–Crippen LogP) is 1.93. The molecule has 2 amide bonds. The van der Waals surface area contributed by atoms with Crippen LogP contribution in [0.5, 0.6) is 0 Å². The van der Waals surface area contributed by atoms with Crippen molar-refractivity contribution < 1.29 is 14.0 Å². The van der Waals surface area contributed by atoms with Gasteiger partial charge in [0.25, 0.3) is 11.8 Å². The lowest BCUT2D eigenvalue weighted by atomic mass is 10.2. The second-order valence-electron chi connectivity index (χ2n) is 5.20. The first-order chi connectivity index (χ1) is 12.2. The second kappa shape index (κ2) is 7.87. The quantitative estimate of drug-likeness (QED) is 0.717. The molecule has 0 saturated heterocycles. The highest BCUT2D eigenvalue weighted by molar-refractivity contribution is 5.98. The van der Waals surface area contributed by atoms with Crippen LogP contribution < -0.4 is 10.6 Å². The van der Waals surface area contributed by atoms with Gasteiger partial charge >= 0.3 is 0 Å². The molecule has 0 unspecified atom stereocenters. The van der Waals surface area contributed by atoms with Crippen molar-refractivity contribution in [3.8, 4) is 0 Å². The molecule has 0 atom stereocenters. The molecule has 0 spiro atoms. The fourth-order valence-corrected chi connectivity index (χ4v) is 2.14. The van der Waals surface area contributed by atoms with E-state index >= 15 is 0 Å². The molecule has 126 valence electrons. The van der Waals surface area contributed by atoms with E-state index in [-0.39, 0.29) is 30.6 Å². The number of hydrogen-bond donors (Lipinski definition) is 2. The molecule has 2 N–H and O–H groups in total. The van der Waals surface area contributed by atoms with Gasteiger partial charge in [-0.3, -0.25) is 19.6 Å². The Kier molecular flexibility index (Phi) is 5.16. The lowest BCUT2D eigenvalue weighted by Crippen LogP contribution is -2.26. The third-order valence-electron chi connectivity index (χ3n) is 3.41. The third-order valence-corrected chi connectivity index (χ3v) is 3.41. The molecule has 3 aromatic rings. The summed E-state index contributed by atoms with van der Waals surface area (Å²) in [6.07, 6.45) is 4.62. The number of carbonyl (C=O) groups excluding carboxylic acids is 2. The van der Waals surface area contributed by atoms with E-state index in [1.165, 1.54) is 18.5 Å². The highest BCUT2D eigenvalue weighted by Gasteiger charge is 2.12. The Bertz CT molecular complexity index is 848. The van der Waals surface area contributed by atoms with Crippen molar-refractivity contribution in [3.05, 3.63) is 83.8 Å². The molecule has 0 fully saturated rings. The SMILES string of the molecule is O=C(NCc1ccco1)c1ccnc(C(=O)NCc2ccccn2)c1. The van der Waals surface area contributed by atoms with Gasteiger partial charge in [0.15, 0.2) is 0 Å². The number of carbonyl (C=O) groups is 2. The smallest absolute Gasteiger partial charge is 0.270 e. The zero-order valence-corrected chi connectivity index (χ0v) is 13.3. The van der Waals surface area contributed by atoms with Crippen LogP contribution in [0.25, 0.3) is 0 Å². The van der Waals surface area contributed by atoms with E-state index in [0.29, 0.717) is 11.3 Å². The Balaban J connectivity index is 1.60. The Hall–Kier alpha value is -3.48. The average Bonchev–Trinajstić information content (AvgIpc) is 3.18. The van der Waals surface area contributed by atoms with E-state index in [9.17, 15) is 9.59 Å². The van der Waals surface area contributed by atoms with Crippen LogP contribution in [0, 0.1) is 0 Å². The van der Waals surface area contributed by atoms with Gasteiger partial charge in [-0.1, -0.05) is 6.07 Å². The minimum atomic E-state index is -0.369. The van der Waals surface area contributed by atoms with E-state index in [0.717, 1.165) is 5.69 Å². The number of amides is 2. The standard InChI is InChI=1S/C18H16N4O3/c23-17(22-12-15-5-3-9-25-15)13-6-8-20-16(10-13)18(24)21-11-14-4-1-2-7-19-14/h1-10H,11-12H2,(H,21,24)(H,22,23). The average molecular weight is 336 g/mol. The zero-order valence-electron chi connectivity index (χ0n) is 13.3. The van der Waals surface area contributed by atoms with Gasteiger partial charge in [-0.2, -0.15) is 0 Å². The van der Waals surface area contributed by atoms with Crippen LogP contribution in [0.2, 0.25) is 0 Å². The molecule has 7 nitrogen and oxygen atoms in total. The lowest BCUT2D eigenvalue weighted by Gasteiger charge is -2.06. The molecule has 0 radical (unpaired) electrons. The van der Waals surface area contributed by atoms with E-state index in [4.69, 9.17) is 4.42 Å². The summed E-state index contributed by atoms with van der Waals surface area (Å²) in [6.45, 7) is 0.561. The molecule has 0 aliphatic carbocycles. The number of aromatic nitrogens is 2. The molecule has 0 aromatic carbocycles. The van der Waals surface area contributed by atoms with Gasteiger partial charge in [-0.05, 0) is 36.4 Å². The van der Waals surface area contributed by atoms with Gasteiger partial charge in [0.2, 0.25) is 0 Å². The van der Waals surface area contributed by atoms with E-state index in [2.05, 4.69) is 20.6 Å². The Morgan fingerprint density at radius 3 is 2.56 bits per heavy atom. The van der Waals surface area contributed by atoms with Gasteiger partial charge in [0.05, 0.1) is 25.0 Å². The first-order valence-corrected chi connectivity index (χ1v) is 7.67. The fourth-order valence-electron chi connectivity index (χ4n) is 2.14. The highest BCUT2D eigenvalue weighted by Crippen LogP contribution is 2.05. The molecule has 7 heteroatoms. The largest absolute Gasteiger partial charge is 0.467 e. The summed E-state index contributed by atoms with van der Waals surface area (Å²) < 4.78 is 5.16. The van der Waals surface area contributed by atoms with Crippen LogP contribution in [0.3, 0.4) is 0 Å². The van der Waals surface area contributed by atoms with Crippen LogP contribution in [-0.4, -0.2) is 21.8 Å². The topological polar surface area (TPSA) is 97.1 Å². The lowest BCUT2D eigenvalue weighted by molar-refractivity contribution is 0.0945. The summed E-state index contributed by atoms with van der Waals surface area (Å²) in [7, 11) is 0. The molecule has 3 heterocycles. The van der Waals surface area contributed by atoms with Gasteiger partial charge in [0, 0.05) is 18.0 Å². The van der Waals surface area contributed by atoms with E-state index in [1.54, 1.807) is 30.5 Å². The monoisotopic (exact) mass is 336 g/mol. The van der Waals surface area contributed by atoms with Crippen molar-refractivity contribution >= 4 is 11.8 Å². The highest BCUT2D eigenvalue weighted by atomic mass is 16.3. The van der Waals surface area contributed by atoms with Crippen molar-refractivity contribution in [1.82, 2.24) is 20.6 Å². The van der Waals surface area contributed by atoms with Crippen molar-refractivity contribution in [2.75, 3.05) is 0 Å². The van der Waals surface area contributed by atoms with E-state index in [1.807, 2.05) is 12.1 Å². The molecule has 3 rings (SSSR count). The molecule has 0 aliphatic heterocycles. The first kappa shape index (κ1) is 16.4. The Morgan fingerprint density at radius 1 is 0.920 bits per heavy atom.